The highest BCUT2D eigenvalue weighted by atomic mass is 32.2. The van der Waals surface area contributed by atoms with Crippen molar-refractivity contribution in [3.8, 4) is 10.4 Å². The highest BCUT2D eigenvalue weighted by Crippen LogP contribution is 2.37. The van der Waals surface area contributed by atoms with Gasteiger partial charge in [0.2, 0.25) is 5.91 Å². The van der Waals surface area contributed by atoms with Gasteiger partial charge in [0, 0.05) is 23.2 Å². The second-order valence-corrected chi connectivity index (χ2v) is 13.1. The number of nitrogens with one attached hydrogen (secondary N) is 1. The zero-order valence-corrected chi connectivity index (χ0v) is 22.7. The number of carbonyl (C=O) groups is 3. The Morgan fingerprint density at radius 1 is 1.05 bits per heavy atom. The van der Waals surface area contributed by atoms with E-state index in [0.717, 1.165) is 23.3 Å². The number of aromatic nitrogens is 1. The number of hydrogen-bond donors (Lipinski definition) is 1. The zero-order chi connectivity index (χ0) is 27.1. The molecule has 39 heavy (non-hydrogen) atoms. The van der Waals surface area contributed by atoms with Crippen LogP contribution in [0.2, 0.25) is 0 Å². The van der Waals surface area contributed by atoms with Crippen LogP contribution >= 0.6 is 11.3 Å². The molecule has 1 saturated carbocycles. The predicted molar refractivity (Wildman–Crippen MR) is 145 cm³/mol. The fraction of sp³-hybridized carbons (Fsp3) is 0.357. The van der Waals surface area contributed by atoms with Gasteiger partial charge in [-0.05, 0) is 60.0 Å². The fourth-order valence-corrected chi connectivity index (χ4v) is 7.83. The lowest BCUT2D eigenvalue weighted by Gasteiger charge is -2.28. The number of benzene rings is 1. The van der Waals surface area contributed by atoms with Gasteiger partial charge < -0.3 is 10.2 Å². The third-order valence-electron chi connectivity index (χ3n) is 7.69. The molecule has 11 heteroatoms. The van der Waals surface area contributed by atoms with Crippen LogP contribution in [-0.4, -0.2) is 71.4 Å². The van der Waals surface area contributed by atoms with Crippen LogP contribution in [0.1, 0.15) is 36.0 Å². The molecule has 2 aromatic heterocycles. The number of carbonyl (C=O) groups excluding carboxylic acids is 3. The number of amides is 2. The SMILES string of the molecule is O=C(NC(CC1CC1)C(=O)N1CCC2C1C(=O)CN2S(=O)(=O)c1ccccn1)c1ccc(-c2cccs2)cc1. The quantitative estimate of drug-likeness (QED) is 0.450. The molecule has 4 heterocycles. The Kier molecular flexibility index (Phi) is 6.82. The first kappa shape index (κ1) is 25.8. The smallest absolute Gasteiger partial charge is 0.261 e. The molecule has 2 amide bonds. The Morgan fingerprint density at radius 2 is 1.85 bits per heavy atom. The van der Waals surface area contributed by atoms with E-state index in [4.69, 9.17) is 0 Å². The summed E-state index contributed by atoms with van der Waals surface area (Å²) in [7, 11) is -3.98. The summed E-state index contributed by atoms with van der Waals surface area (Å²) in [6, 6.07) is 13.6. The second kappa shape index (κ2) is 10.3. The van der Waals surface area contributed by atoms with Gasteiger partial charge in [-0.3, -0.25) is 14.4 Å². The average molecular weight is 565 g/mol. The number of hydrogen-bond acceptors (Lipinski definition) is 7. The molecule has 9 nitrogen and oxygen atoms in total. The van der Waals surface area contributed by atoms with Gasteiger partial charge in [-0.2, -0.15) is 4.31 Å². The maximum Gasteiger partial charge on any atom is 0.261 e. The first-order valence-electron chi connectivity index (χ1n) is 13.0. The van der Waals surface area contributed by atoms with E-state index < -0.39 is 28.1 Å². The minimum absolute atomic E-state index is 0.118. The lowest BCUT2D eigenvalue weighted by atomic mass is 10.1. The molecular formula is C28H28N4O5S2. The van der Waals surface area contributed by atoms with Gasteiger partial charge in [-0.1, -0.05) is 37.1 Å². The zero-order valence-electron chi connectivity index (χ0n) is 21.1. The molecule has 202 valence electrons. The minimum atomic E-state index is -3.98. The van der Waals surface area contributed by atoms with Crippen molar-refractivity contribution in [2.45, 2.75) is 48.8 Å². The number of thiophene rings is 1. The normalized spacial score (nSPS) is 22.1. The van der Waals surface area contributed by atoms with Gasteiger partial charge in [-0.15, -0.1) is 11.3 Å². The van der Waals surface area contributed by atoms with E-state index in [9.17, 15) is 22.8 Å². The fourth-order valence-electron chi connectivity index (χ4n) is 5.54. The van der Waals surface area contributed by atoms with Crippen LogP contribution in [0.25, 0.3) is 10.4 Å². The summed E-state index contributed by atoms with van der Waals surface area (Å²) in [5, 5.41) is 4.79. The van der Waals surface area contributed by atoms with Crippen molar-refractivity contribution in [3.05, 3.63) is 71.7 Å². The summed E-state index contributed by atoms with van der Waals surface area (Å²) < 4.78 is 27.7. The first-order chi connectivity index (χ1) is 18.8. The standard InChI is InChI=1S/C28H28N4O5S2/c33-23-17-32(39(36,37)25-5-1-2-13-29-25)22-12-14-31(26(22)23)28(35)21(16-18-6-7-18)30-27(34)20-10-8-19(9-11-20)24-4-3-15-38-24/h1-5,8-11,13,15,18,21-22,26H,6-7,12,14,16-17H2,(H,30,34). The highest BCUT2D eigenvalue weighted by Gasteiger charge is 2.54. The van der Waals surface area contributed by atoms with Crippen LogP contribution in [0, 0.1) is 5.92 Å². The Morgan fingerprint density at radius 3 is 2.51 bits per heavy atom. The molecule has 3 atom stereocenters. The van der Waals surface area contributed by atoms with Gasteiger partial charge in [0.05, 0.1) is 12.6 Å². The molecule has 6 rings (SSSR count). The van der Waals surface area contributed by atoms with E-state index in [-0.39, 0.29) is 35.7 Å². The van der Waals surface area contributed by atoms with Gasteiger partial charge in [0.15, 0.2) is 10.8 Å². The van der Waals surface area contributed by atoms with Crippen LogP contribution in [0.15, 0.2) is 71.2 Å². The lowest BCUT2D eigenvalue weighted by molar-refractivity contribution is -0.138. The molecule has 3 aromatic rings. The van der Waals surface area contributed by atoms with E-state index >= 15 is 0 Å². The van der Waals surface area contributed by atoms with Gasteiger partial charge in [0.1, 0.15) is 12.1 Å². The number of ketones is 1. The minimum Gasteiger partial charge on any atom is -0.340 e. The summed E-state index contributed by atoms with van der Waals surface area (Å²) >= 11 is 1.62. The van der Waals surface area contributed by atoms with Gasteiger partial charge in [0.25, 0.3) is 15.9 Å². The average Bonchev–Trinajstić information content (AvgIpc) is 3.32. The number of fused-ring (bicyclic) bond motifs is 1. The molecule has 0 radical (unpaired) electrons. The number of nitrogens with zero attached hydrogens (tertiary/aromatic N) is 3. The van der Waals surface area contributed by atoms with E-state index in [2.05, 4.69) is 10.3 Å². The second-order valence-electron chi connectivity index (χ2n) is 10.3. The van der Waals surface area contributed by atoms with Crippen LogP contribution < -0.4 is 5.32 Å². The summed E-state index contributed by atoms with van der Waals surface area (Å²) in [5.74, 6) is -0.645. The van der Waals surface area contributed by atoms with Gasteiger partial charge in [-0.25, -0.2) is 13.4 Å². The molecule has 1 aliphatic carbocycles. The van der Waals surface area contributed by atoms with E-state index in [1.807, 2.05) is 29.6 Å². The first-order valence-corrected chi connectivity index (χ1v) is 15.4. The largest absolute Gasteiger partial charge is 0.340 e. The molecule has 1 N–H and O–H groups in total. The summed E-state index contributed by atoms with van der Waals surface area (Å²) in [6.07, 6.45) is 4.23. The number of pyridine rings is 1. The van der Waals surface area contributed by atoms with Crippen molar-refractivity contribution in [3.63, 3.8) is 0 Å². The van der Waals surface area contributed by atoms with Crippen molar-refractivity contribution in [2.75, 3.05) is 13.1 Å². The molecule has 3 aliphatic rings. The van der Waals surface area contributed by atoms with Crippen molar-refractivity contribution < 1.29 is 22.8 Å². The Labute approximate surface area is 230 Å². The predicted octanol–water partition coefficient (Wildman–Crippen LogP) is 2.95. The molecule has 3 fully saturated rings. The molecule has 0 bridgehead atoms. The molecule has 3 unspecified atom stereocenters. The van der Waals surface area contributed by atoms with Crippen molar-refractivity contribution in [1.29, 1.82) is 0 Å². The maximum absolute atomic E-state index is 13.8. The molecule has 1 aromatic carbocycles. The van der Waals surface area contributed by atoms with Crippen LogP contribution in [0.3, 0.4) is 0 Å². The highest BCUT2D eigenvalue weighted by molar-refractivity contribution is 7.89. The topological polar surface area (TPSA) is 117 Å². The van der Waals surface area contributed by atoms with Crippen LogP contribution in [-0.2, 0) is 19.6 Å². The number of rotatable bonds is 8. The van der Waals surface area contributed by atoms with Gasteiger partial charge >= 0.3 is 0 Å². The van der Waals surface area contributed by atoms with Crippen molar-refractivity contribution in [1.82, 2.24) is 19.5 Å². The Bertz CT molecular complexity index is 1490. The monoisotopic (exact) mass is 564 g/mol. The summed E-state index contributed by atoms with van der Waals surface area (Å²) in [4.78, 5) is 46.6. The van der Waals surface area contributed by atoms with E-state index in [0.29, 0.717) is 24.3 Å². The summed E-state index contributed by atoms with van der Waals surface area (Å²) in [5.41, 5.74) is 1.47. The third-order valence-corrected chi connectivity index (χ3v) is 10.4. The Balaban J connectivity index is 1.19. The molecule has 2 aliphatic heterocycles. The van der Waals surface area contributed by atoms with Crippen LogP contribution in [0.4, 0.5) is 0 Å². The lowest BCUT2D eigenvalue weighted by Crippen LogP contribution is -2.52. The maximum atomic E-state index is 13.8. The van der Waals surface area contributed by atoms with E-state index in [1.165, 1.54) is 21.5 Å². The number of Topliss-reactive ketones (excluding diaryl/α,β-unsaturated/α-hetero) is 1. The number of likely N-dealkylation sites (tertiary alicyclic amines) is 1. The Hall–Kier alpha value is -3.41. The summed E-state index contributed by atoms with van der Waals surface area (Å²) in [6.45, 7) is -0.0467. The van der Waals surface area contributed by atoms with Crippen molar-refractivity contribution >= 4 is 39.0 Å². The number of sulfonamides is 1. The molecule has 0 spiro atoms. The third kappa shape index (κ3) is 5.02. The van der Waals surface area contributed by atoms with Crippen molar-refractivity contribution in [2.24, 2.45) is 5.92 Å². The molecule has 2 saturated heterocycles. The van der Waals surface area contributed by atoms with E-state index in [1.54, 1.807) is 35.6 Å². The molecular weight excluding hydrogens is 536 g/mol. The van der Waals surface area contributed by atoms with Crippen LogP contribution in [0.5, 0.6) is 0 Å².